The summed E-state index contributed by atoms with van der Waals surface area (Å²) in [6.45, 7) is 0.786. The van der Waals surface area contributed by atoms with E-state index in [1.807, 2.05) is 18.0 Å². The first kappa shape index (κ1) is 19.9. The number of carbonyl (C=O) groups excluding carboxylic acids is 1. The SMILES string of the molecule is CN1CCCN(C(=O)NC(CO)c2ccc(C(F)(F)F)cc2)c2cnccc21. The molecule has 2 heterocycles. The molecule has 1 aliphatic rings. The summed E-state index contributed by atoms with van der Waals surface area (Å²) in [4.78, 5) is 20.5. The lowest BCUT2D eigenvalue weighted by Gasteiger charge is -2.26. The van der Waals surface area contributed by atoms with Crippen LogP contribution in [0.25, 0.3) is 0 Å². The average Bonchev–Trinajstić information content (AvgIpc) is 2.85. The van der Waals surface area contributed by atoms with Crippen molar-refractivity contribution in [2.75, 3.05) is 36.5 Å². The van der Waals surface area contributed by atoms with Crippen molar-refractivity contribution in [1.82, 2.24) is 10.3 Å². The van der Waals surface area contributed by atoms with Gasteiger partial charge in [0.2, 0.25) is 0 Å². The fourth-order valence-corrected chi connectivity index (χ4v) is 3.19. The van der Waals surface area contributed by atoms with Crippen molar-refractivity contribution in [3.63, 3.8) is 0 Å². The molecule has 0 saturated heterocycles. The number of rotatable bonds is 3. The van der Waals surface area contributed by atoms with E-state index < -0.39 is 30.4 Å². The van der Waals surface area contributed by atoms with Crippen LogP contribution in [-0.4, -0.2) is 42.9 Å². The zero-order valence-corrected chi connectivity index (χ0v) is 15.3. The molecule has 0 bridgehead atoms. The fraction of sp³-hybridized carbons (Fsp3) is 0.368. The van der Waals surface area contributed by atoms with Crippen molar-refractivity contribution in [2.45, 2.75) is 18.6 Å². The van der Waals surface area contributed by atoms with Crippen molar-refractivity contribution in [2.24, 2.45) is 0 Å². The van der Waals surface area contributed by atoms with Gasteiger partial charge in [0.05, 0.1) is 35.8 Å². The third-order valence-electron chi connectivity index (χ3n) is 4.72. The molecule has 28 heavy (non-hydrogen) atoms. The van der Waals surface area contributed by atoms with E-state index in [0.717, 1.165) is 30.8 Å². The quantitative estimate of drug-likeness (QED) is 0.839. The molecular formula is C19H21F3N4O2. The second-order valence-electron chi connectivity index (χ2n) is 6.60. The highest BCUT2D eigenvalue weighted by Crippen LogP contribution is 2.32. The van der Waals surface area contributed by atoms with Crippen molar-refractivity contribution in [3.8, 4) is 0 Å². The monoisotopic (exact) mass is 394 g/mol. The Morgan fingerprint density at radius 2 is 1.93 bits per heavy atom. The Balaban J connectivity index is 1.80. The number of halogens is 3. The minimum Gasteiger partial charge on any atom is -0.394 e. The Bertz CT molecular complexity index is 827. The van der Waals surface area contributed by atoms with Gasteiger partial charge in [0, 0.05) is 26.3 Å². The maximum atomic E-state index is 12.9. The largest absolute Gasteiger partial charge is 0.416 e. The minimum absolute atomic E-state index is 0.391. The standard InChI is InChI=1S/C19H21F3N4O2/c1-25-9-2-10-26(17-11-23-8-7-16(17)25)18(28)24-15(12-27)13-3-5-14(6-4-13)19(20,21)22/h3-8,11,15,27H,2,9-10,12H2,1H3,(H,24,28). The smallest absolute Gasteiger partial charge is 0.394 e. The van der Waals surface area contributed by atoms with Gasteiger partial charge < -0.3 is 15.3 Å². The Morgan fingerprint density at radius 3 is 2.57 bits per heavy atom. The number of alkyl halides is 3. The van der Waals surface area contributed by atoms with Crippen LogP contribution in [0, 0.1) is 0 Å². The number of benzene rings is 1. The van der Waals surface area contributed by atoms with E-state index >= 15 is 0 Å². The Kier molecular flexibility index (Phi) is 5.73. The molecule has 1 aliphatic heterocycles. The van der Waals surface area contributed by atoms with Gasteiger partial charge in [-0.2, -0.15) is 13.2 Å². The summed E-state index contributed by atoms with van der Waals surface area (Å²) in [5.41, 5.74) is 1.11. The highest BCUT2D eigenvalue weighted by molar-refractivity contribution is 5.96. The first-order chi connectivity index (χ1) is 13.3. The number of pyridine rings is 1. The van der Waals surface area contributed by atoms with E-state index in [-0.39, 0.29) is 0 Å². The number of nitrogens with zero attached hydrogens (tertiary/aromatic N) is 3. The van der Waals surface area contributed by atoms with Crippen LogP contribution in [0.4, 0.5) is 29.3 Å². The Labute approximate surface area is 160 Å². The number of hydrogen-bond donors (Lipinski definition) is 2. The Morgan fingerprint density at radius 1 is 1.21 bits per heavy atom. The molecule has 1 unspecified atom stereocenters. The highest BCUT2D eigenvalue weighted by atomic mass is 19.4. The van der Waals surface area contributed by atoms with E-state index in [1.54, 1.807) is 17.3 Å². The van der Waals surface area contributed by atoms with Gasteiger partial charge in [0.15, 0.2) is 0 Å². The zero-order chi connectivity index (χ0) is 20.3. The normalized spacial score (nSPS) is 15.6. The van der Waals surface area contributed by atoms with Crippen LogP contribution in [0.5, 0.6) is 0 Å². The van der Waals surface area contributed by atoms with Crippen molar-refractivity contribution in [3.05, 3.63) is 53.9 Å². The lowest BCUT2D eigenvalue weighted by molar-refractivity contribution is -0.137. The second-order valence-corrected chi connectivity index (χ2v) is 6.60. The lowest BCUT2D eigenvalue weighted by Crippen LogP contribution is -2.43. The van der Waals surface area contributed by atoms with Crippen LogP contribution < -0.4 is 15.1 Å². The third-order valence-corrected chi connectivity index (χ3v) is 4.72. The van der Waals surface area contributed by atoms with Gasteiger partial charge in [-0.15, -0.1) is 0 Å². The molecule has 2 N–H and O–H groups in total. The first-order valence-electron chi connectivity index (χ1n) is 8.82. The van der Waals surface area contributed by atoms with E-state index in [0.29, 0.717) is 17.8 Å². The number of carbonyl (C=O) groups is 1. The molecule has 1 aromatic heterocycles. The van der Waals surface area contributed by atoms with Gasteiger partial charge in [-0.3, -0.25) is 9.88 Å². The summed E-state index contributed by atoms with van der Waals surface area (Å²) < 4.78 is 38.2. The Hall–Kier alpha value is -2.81. The predicted molar refractivity (Wildman–Crippen MR) is 99.3 cm³/mol. The molecule has 150 valence electrons. The number of aromatic nitrogens is 1. The summed E-state index contributed by atoms with van der Waals surface area (Å²) in [6, 6.07) is 4.94. The molecule has 9 heteroatoms. The molecule has 2 amide bonds. The molecule has 0 fully saturated rings. The number of aliphatic hydroxyl groups is 1. The lowest BCUT2D eigenvalue weighted by atomic mass is 10.1. The van der Waals surface area contributed by atoms with Gasteiger partial charge in [-0.25, -0.2) is 4.79 Å². The number of hydrogen-bond acceptors (Lipinski definition) is 4. The molecule has 2 aromatic rings. The number of urea groups is 1. The van der Waals surface area contributed by atoms with Crippen molar-refractivity contribution in [1.29, 1.82) is 0 Å². The van der Waals surface area contributed by atoms with Crippen LogP contribution in [0.2, 0.25) is 0 Å². The number of amides is 2. The van der Waals surface area contributed by atoms with Crippen LogP contribution in [-0.2, 0) is 6.18 Å². The molecule has 1 aromatic carbocycles. The van der Waals surface area contributed by atoms with E-state index in [9.17, 15) is 23.1 Å². The molecule has 6 nitrogen and oxygen atoms in total. The van der Waals surface area contributed by atoms with Crippen LogP contribution in [0.1, 0.15) is 23.6 Å². The zero-order valence-electron chi connectivity index (χ0n) is 15.3. The maximum absolute atomic E-state index is 12.9. The molecule has 3 rings (SSSR count). The summed E-state index contributed by atoms with van der Waals surface area (Å²) in [5, 5.41) is 12.4. The summed E-state index contributed by atoms with van der Waals surface area (Å²) in [6.07, 6.45) is -0.452. The summed E-state index contributed by atoms with van der Waals surface area (Å²) in [7, 11) is 1.93. The van der Waals surface area contributed by atoms with E-state index in [2.05, 4.69) is 10.3 Å². The van der Waals surface area contributed by atoms with Crippen LogP contribution in [0.15, 0.2) is 42.7 Å². The first-order valence-corrected chi connectivity index (χ1v) is 8.82. The van der Waals surface area contributed by atoms with Crippen LogP contribution in [0.3, 0.4) is 0 Å². The maximum Gasteiger partial charge on any atom is 0.416 e. The van der Waals surface area contributed by atoms with Gasteiger partial charge >= 0.3 is 12.2 Å². The van der Waals surface area contributed by atoms with Gasteiger partial charge in [-0.1, -0.05) is 12.1 Å². The molecule has 0 radical (unpaired) electrons. The number of nitrogens with one attached hydrogen (secondary N) is 1. The van der Waals surface area contributed by atoms with Gasteiger partial charge in [-0.05, 0) is 30.2 Å². The summed E-state index contributed by atoms with van der Waals surface area (Å²) in [5.74, 6) is 0. The number of fused-ring (bicyclic) bond motifs is 1. The molecular weight excluding hydrogens is 373 g/mol. The molecule has 0 spiro atoms. The number of anilines is 2. The highest BCUT2D eigenvalue weighted by Gasteiger charge is 2.31. The average molecular weight is 394 g/mol. The second kappa shape index (κ2) is 8.05. The van der Waals surface area contributed by atoms with E-state index in [1.165, 1.54) is 12.1 Å². The summed E-state index contributed by atoms with van der Waals surface area (Å²) >= 11 is 0. The van der Waals surface area contributed by atoms with Crippen molar-refractivity contribution >= 4 is 17.4 Å². The molecule has 0 aliphatic carbocycles. The number of aliphatic hydroxyl groups excluding tert-OH is 1. The van der Waals surface area contributed by atoms with Gasteiger partial charge in [0.1, 0.15) is 0 Å². The van der Waals surface area contributed by atoms with Crippen molar-refractivity contribution < 1.29 is 23.1 Å². The molecule has 1 atom stereocenters. The third kappa shape index (κ3) is 4.19. The van der Waals surface area contributed by atoms with E-state index in [4.69, 9.17) is 0 Å². The predicted octanol–water partition coefficient (Wildman–Crippen LogP) is 3.19. The fourth-order valence-electron chi connectivity index (χ4n) is 3.19. The topological polar surface area (TPSA) is 68.7 Å². The van der Waals surface area contributed by atoms with Crippen LogP contribution >= 0.6 is 0 Å². The molecule has 0 saturated carbocycles. The minimum atomic E-state index is -4.44. The van der Waals surface area contributed by atoms with Gasteiger partial charge in [0.25, 0.3) is 0 Å².